The number of imide groups is 1. The van der Waals surface area contributed by atoms with Crippen LogP contribution in [0.15, 0.2) is 24.3 Å². The van der Waals surface area contributed by atoms with Crippen molar-refractivity contribution in [3.8, 4) is 0 Å². The number of fused-ring (bicyclic) bond motifs is 1. The molecule has 0 atom stereocenters. The average molecular weight is 444 g/mol. The van der Waals surface area contributed by atoms with Gasteiger partial charge in [0.15, 0.2) is 5.11 Å². The Morgan fingerprint density at radius 1 is 0.871 bits per heavy atom. The molecule has 1 aromatic rings. The van der Waals surface area contributed by atoms with Crippen LogP contribution in [0.3, 0.4) is 0 Å². The molecule has 168 valence electrons. The van der Waals surface area contributed by atoms with Crippen molar-refractivity contribution in [2.75, 3.05) is 6.54 Å². The SMILES string of the molecule is O=C(CCN1C(=O)c2ccccc2C1=O)NC(=S)NC1CCCCCCCCCCC1. The molecule has 1 aliphatic heterocycles. The van der Waals surface area contributed by atoms with E-state index in [9.17, 15) is 14.4 Å². The molecule has 6 nitrogen and oxygen atoms in total. The summed E-state index contributed by atoms with van der Waals surface area (Å²) in [6.45, 7) is 0.0459. The minimum Gasteiger partial charge on any atom is -0.360 e. The van der Waals surface area contributed by atoms with Crippen LogP contribution in [0.1, 0.15) is 97.8 Å². The van der Waals surface area contributed by atoms with Crippen molar-refractivity contribution in [1.82, 2.24) is 15.5 Å². The number of hydrogen-bond donors (Lipinski definition) is 2. The molecule has 0 radical (unpaired) electrons. The smallest absolute Gasteiger partial charge is 0.261 e. The summed E-state index contributed by atoms with van der Waals surface area (Å²) < 4.78 is 0. The molecule has 0 spiro atoms. The van der Waals surface area contributed by atoms with Gasteiger partial charge in [-0.05, 0) is 37.2 Å². The van der Waals surface area contributed by atoms with Gasteiger partial charge in [0, 0.05) is 19.0 Å². The minimum atomic E-state index is -0.345. The number of hydrogen-bond acceptors (Lipinski definition) is 4. The second kappa shape index (κ2) is 11.9. The maximum absolute atomic E-state index is 12.4. The zero-order chi connectivity index (χ0) is 22.1. The summed E-state index contributed by atoms with van der Waals surface area (Å²) in [5, 5.41) is 6.37. The second-order valence-corrected chi connectivity index (χ2v) is 8.94. The third-order valence-electron chi connectivity index (χ3n) is 6.13. The van der Waals surface area contributed by atoms with Crippen LogP contribution in [-0.4, -0.2) is 40.3 Å². The van der Waals surface area contributed by atoms with Crippen molar-refractivity contribution in [2.24, 2.45) is 0 Å². The molecule has 3 amide bonds. The van der Waals surface area contributed by atoms with Gasteiger partial charge >= 0.3 is 0 Å². The number of rotatable bonds is 4. The number of carbonyl (C=O) groups excluding carboxylic acids is 3. The molecule has 3 rings (SSSR count). The summed E-state index contributed by atoms with van der Waals surface area (Å²) >= 11 is 5.36. The van der Waals surface area contributed by atoms with Crippen molar-refractivity contribution in [1.29, 1.82) is 0 Å². The highest BCUT2D eigenvalue weighted by Gasteiger charge is 2.35. The highest BCUT2D eigenvalue weighted by atomic mass is 32.1. The number of carbonyl (C=O) groups is 3. The summed E-state index contributed by atoms with van der Waals surface area (Å²) in [5.74, 6) is -0.980. The van der Waals surface area contributed by atoms with Crippen LogP contribution in [0, 0.1) is 0 Å². The predicted molar refractivity (Wildman–Crippen MR) is 125 cm³/mol. The van der Waals surface area contributed by atoms with E-state index in [-0.39, 0.29) is 36.7 Å². The van der Waals surface area contributed by atoms with E-state index >= 15 is 0 Å². The topological polar surface area (TPSA) is 78.5 Å². The van der Waals surface area contributed by atoms with Crippen molar-refractivity contribution in [3.63, 3.8) is 0 Å². The van der Waals surface area contributed by atoms with Crippen LogP contribution in [0.2, 0.25) is 0 Å². The van der Waals surface area contributed by atoms with Crippen molar-refractivity contribution in [2.45, 2.75) is 83.1 Å². The van der Waals surface area contributed by atoms with Gasteiger partial charge in [0.2, 0.25) is 5.91 Å². The molecule has 1 aliphatic carbocycles. The molecule has 0 bridgehead atoms. The van der Waals surface area contributed by atoms with Gasteiger partial charge in [-0.15, -0.1) is 0 Å². The lowest BCUT2D eigenvalue weighted by Crippen LogP contribution is -2.45. The molecule has 1 saturated carbocycles. The first-order chi connectivity index (χ1) is 15.1. The zero-order valence-electron chi connectivity index (χ0n) is 18.2. The molecule has 2 N–H and O–H groups in total. The number of amides is 3. The number of nitrogens with zero attached hydrogens (tertiary/aromatic N) is 1. The van der Waals surface area contributed by atoms with Gasteiger partial charge in [-0.3, -0.25) is 19.3 Å². The summed E-state index contributed by atoms with van der Waals surface area (Å²) in [6.07, 6.45) is 13.6. The van der Waals surface area contributed by atoms with E-state index in [1.807, 2.05) is 0 Å². The predicted octanol–water partition coefficient (Wildman–Crippen LogP) is 4.34. The van der Waals surface area contributed by atoms with Crippen LogP contribution >= 0.6 is 12.2 Å². The molecule has 1 fully saturated rings. The quantitative estimate of drug-likeness (QED) is 0.535. The van der Waals surface area contributed by atoms with Crippen LogP contribution in [0.4, 0.5) is 0 Å². The van der Waals surface area contributed by atoms with Crippen LogP contribution in [-0.2, 0) is 4.79 Å². The molecule has 1 heterocycles. The number of nitrogens with one attached hydrogen (secondary N) is 2. The molecule has 2 aliphatic rings. The van der Waals surface area contributed by atoms with Crippen molar-refractivity contribution < 1.29 is 14.4 Å². The van der Waals surface area contributed by atoms with E-state index < -0.39 is 0 Å². The Morgan fingerprint density at radius 3 is 1.87 bits per heavy atom. The highest BCUT2D eigenvalue weighted by Crippen LogP contribution is 2.22. The molecular weight excluding hydrogens is 410 g/mol. The zero-order valence-corrected chi connectivity index (χ0v) is 19.0. The summed E-state index contributed by atoms with van der Waals surface area (Å²) in [5.41, 5.74) is 0.792. The Bertz CT molecular complexity index is 764. The van der Waals surface area contributed by atoms with E-state index in [2.05, 4.69) is 10.6 Å². The molecule has 7 heteroatoms. The Balaban J connectivity index is 1.43. The molecular formula is C24H33N3O3S. The maximum Gasteiger partial charge on any atom is 0.261 e. The summed E-state index contributed by atoms with van der Waals surface area (Å²) in [4.78, 5) is 38.3. The van der Waals surface area contributed by atoms with Gasteiger partial charge in [0.25, 0.3) is 11.8 Å². The van der Waals surface area contributed by atoms with Crippen LogP contribution in [0.25, 0.3) is 0 Å². The first-order valence-corrected chi connectivity index (χ1v) is 12.0. The first kappa shape index (κ1) is 23.4. The van der Waals surface area contributed by atoms with Crippen LogP contribution < -0.4 is 10.6 Å². The Morgan fingerprint density at radius 2 is 1.35 bits per heavy atom. The van der Waals surface area contributed by atoms with Crippen molar-refractivity contribution in [3.05, 3.63) is 35.4 Å². The van der Waals surface area contributed by atoms with E-state index in [4.69, 9.17) is 12.2 Å². The highest BCUT2D eigenvalue weighted by molar-refractivity contribution is 7.80. The minimum absolute atomic E-state index is 0.0257. The lowest BCUT2D eigenvalue weighted by Gasteiger charge is -2.21. The van der Waals surface area contributed by atoms with Gasteiger partial charge in [0.05, 0.1) is 11.1 Å². The molecule has 0 saturated heterocycles. The third kappa shape index (κ3) is 6.86. The molecule has 1 aromatic carbocycles. The monoisotopic (exact) mass is 443 g/mol. The van der Waals surface area contributed by atoms with Gasteiger partial charge in [0.1, 0.15) is 0 Å². The normalized spacial score (nSPS) is 18.6. The fraction of sp³-hybridized carbons (Fsp3) is 0.583. The maximum atomic E-state index is 12.4. The Hall–Kier alpha value is -2.28. The lowest BCUT2D eigenvalue weighted by molar-refractivity contribution is -0.119. The van der Waals surface area contributed by atoms with Gasteiger partial charge in [-0.1, -0.05) is 69.9 Å². The van der Waals surface area contributed by atoms with E-state index in [0.29, 0.717) is 16.2 Å². The summed E-state index contributed by atoms with van der Waals surface area (Å²) in [6, 6.07) is 7.01. The van der Waals surface area contributed by atoms with Crippen LogP contribution in [0.5, 0.6) is 0 Å². The molecule has 31 heavy (non-hydrogen) atoms. The Kier molecular flexibility index (Phi) is 9.00. The Labute approximate surface area is 190 Å². The van der Waals surface area contributed by atoms with E-state index in [1.54, 1.807) is 24.3 Å². The molecule has 0 unspecified atom stereocenters. The standard InChI is InChI=1S/C24H33N3O3S/c28-21(16-17-27-22(29)19-14-10-11-15-20(19)23(27)30)26-24(31)25-18-12-8-6-4-2-1-3-5-7-9-13-18/h10-11,14-15,18H,1-9,12-13,16-17H2,(H2,25,26,28,31). The van der Waals surface area contributed by atoms with Gasteiger partial charge < -0.3 is 10.6 Å². The number of benzene rings is 1. The van der Waals surface area contributed by atoms with E-state index in [1.165, 1.54) is 57.8 Å². The fourth-order valence-corrected chi connectivity index (χ4v) is 4.65. The van der Waals surface area contributed by atoms with Gasteiger partial charge in [-0.25, -0.2) is 0 Å². The lowest BCUT2D eigenvalue weighted by atomic mass is 9.98. The van der Waals surface area contributed by atoms with Gasteiger partial charge in [-0.2, -0.15) is 0 Å². The first-order valence-electron chi connectivity index (χ1n) is 11.6. The largest absolute Gasteiger partial charge is 0.360 e. The summed E-state index contributed by atoms with van der Waals surface area (Å²) in [7, 11) is 0. The number of thiocarbonyl (C=S) groups is 1. The van der Waals surface area contributed by atoms with E-state index in [0.717, 1.165) is 17.7 Å². The molecule has 0 aromatic heterocycles. The third-order valence-corrected chi connectivity index (χ3v) is 6.35. The second-order valence-electron chi connectivity index (χ2n) is 8.54. The van der Waals surface area contributed by atoms with Crippen molar-refractivity contribution >= 4 is 35.1 Å². The fourth-order valence-electron chi connectivity index (χ4n) is 4.37. The average Bonchev–Trinajstić information content (AvgIpc) is 2.99.